The Morgan fingerprint density at radius 3 is 2.92 bits per heavy atom. The van der Waals surface area contributed by atoms with Gasteiger partial charge in [-0.05, 0) is 26.1 Å². The van der Waals surface area contributed by atoms with Crippen LogP contribution in [0.2, 0.25) is 0 Å². The van der Waals surface area contributed by atoms with Gasteiger partial charge in [-0.15, -0.1) is 11.3 Å². The number of hydrogen-bond donors (Lipinski definition) is 1. The highest BCUT2D eigenvalue weighted by Crippen LogP contribution is 2.12. The standard InChI is InChI=1S/C10H13NS/c1-9-6-7-10(12-9)5-3-4-8-11-2/h6-7,11H,4,8H2,1-2H3. The largest absolute Gasteiger partial charge is 0.319 e. The third kappa shape index (κ3) is 3.08. The van der Waals surface area contributed by atoms with Crippen molar-refractivity contribution in [3.8, 4) is 11.8 Å². The first kappa shape index (κ1) is 9.31. The van der Waals surface area contributed by atoms with Crippen LogP contribution in [-0.4, -0.2) is 13.6 Å². The predicted octanol–water partition coefficient (Wildman–Crippen LogP) is 2.02. The van der Waals surface area contributed by atoms with E-state index in [2.05, 4.69) is 36.2 Å². The minimum atomic E-state index is 0.924. The van der Waals surface area contributed by atoms with Gasteiger partial charge in [0.25, 0.3) is 0 Å². The van der Waals surface area contributed by atoms with Gasteiger partial charge in [-0.2, -0.15) is 0 Å². The molecule has 0 saturated carbocycles. The normalized spacial score (nSPS) is 9.17. The highest BCUT2D eigenvalue weighted by Gasteiger charge is 1.89. The van der Waals surface area contributed by atoms with Crippen LogP contribution < -0.4 is 5.32 Å². The van der Waals surface area contributed by atoms with Crippen LogP contribution in [-0.2, 0) is 0 Å². The maximum Gasteiger partial charge on any atom is 0.0771 e. The average molecular weight is 179 g/mol. The van der Waals surface area contributed by atoms with Gasteiger partial charge in [-0.1, -0.05) is 11.8 Å². The van der Waals surface area contributed by atoms with Gasteiger partial charge in [-0.3, -0.25) is 0 Å². The van der Waals surface area contributed by atoms with Crippen molar-refractivity contribution < 1.29 is 0 Å². The van der Waals surface area contributed by atoms with Gasteiger partial charge in [0.05, 0.1) is 4.88 Å². The minimum Gasteiger partial charge on any atom is -0.319 e. The Morgan fingerprint density at radius 1 is 1.50 bits per heavy atom. The highest BCUT2D eigenvalue weighted by atomic mass is 32.1. The van der Waals surface area contributed by atoms with Crippen LogP contribution >= 0.6 is 11.3 Å². The van der Waals surface area contributed by atoms with Gasteiger partial charge >= 0.3 is 0 Å². The predicted molar refractivity (Wildman–Crippen MR) is 54.5 cm³/mol. The summed E-state index contributed by atoms with van der Waals surface area (Å²) in [4.78, 5) is 2.50. The Hall–Kier alpha value is -0.780. The lowest BCUT2D eigenvalue weighted by atomic mass is 10.4. The number of aryl methyl sites for hydroxylation is 1. The summed E-state index contributed by atoms with van der Waals surface area (Å²) >= 11 is 1.75. The molecule has 1 aromatic rings. The van der Waals surface area contributed by atoms with E-state index < -0.39 is 0 Å². The summed E-state index contributed by atoms with van der Waals surface area (Å²) in [7, 11) is 1.94. The fourth-order valence-electron chi connectivity index (χ4n) is 0.839. The van der Waals surface area contributed by atoms with Crippen molar-refractivity contribution >= 4 is 11.3 Å². The SMILES string of the molecule is CNCCC#Cc1ccc(C)s1. The molecule has 1 rings (SSSR count). The van der Waals surface area contributed by atoms with E-state index in [9.17, 15) is 0 Å². The molecule has 0 aliphatic heterocycles. The molecule has 1 nitrogen and oxygen atoms in total. The Bertz CT molecular complexity index is 290. The van der Waals surface area contributed by atoms with E-state index >= 15 is 0 Å². The van der Waals surface area contributed by atoms with E-state index in [0.717, 1.165) is 13.0 Å². The summed E-state index contributed by atoms with van der Waals surface area (Å²) in [6.07, 6.45) is 0.924. The monoisotopic (exact) mass is 179 g/mol. The number of nitrogens with one attached hydrogen (secondary N) is 1. The molecule has 0 aliphatic carbocycles. The Morgan fingerprint density at radius 2 is 2.33 bits per heavy atom. The lowest BCUT2D eigenvalue weighted by Gasteiger charge is -1.86. The van der Waals surface area contributed by atoms with Gasteiger partial charge in [-0.25, -0.2) is 0 Å². The molecular weight excluding hydrogens is 166 g/mol. The fraction of sp³-hybridized carbons (Fsp3) is 0.400. The average Bonchev–Trinajstić information content (AvgIpc) is 2.45. The third-order valence-corrected chi connectivity index (χ3v) is 2.37. The number of rotatable bonds is 2. The molecule has 0 saturated heterocycles. The molecule has 12 heavy (non-hydrogen) atoms. The minimum absolute atomic E-state index is 0.924. The number of thiophene rings is 1. The van der Waals surface area contributed by atoms with E-state index in [1.165, 1.54) is 9.75 Å². The zero-order chi connectivity index (χ0) is 8.81. The quantitative estimate of drug-likeness (QED) is 0.541. The summed E-state index contributed by atoms with van der Waals surface area (Å²) in [6.45, 7) is 3.07. The zero-order valence-electron chi connectivity index (χ0n) is 7.48. The van der Waals surface area contributed by atoms with Gasteiger partial charge < -0.3 is 5.32 Å². The van der Waals surface area contributed by atoms with E-state index in [1.54, 1.807) is 11.3 Å². The Labute approximate surface area is 77.8 Å². The van der Waals surface area contributed by atoms with Crippen molar-refractivity contribution in [3.05, 3.63) is 21.9 Å². The number of hydrogen-bond acceptors (Lipinski definition) is 2. The summed E-state index contributed by atoms with van der Waals surface area (Å²) in [5.41, 5.74) is 0. The van der Waals surface area contributed by atoms with Crippen molar-refractivity contribution in [2.75, 3.05) is 13.6 Å². The molecule has 1 heterocycles. The maximum atomic E-state index is 3.13. The molecule has 1 aromatic heterocycles. The van der Waals surface area contributed by atoms with Crippen molar-refractivity contribution in [2.24, 2.45) is 0 Å². The van der Waals surface area contributed by atoms with Crippen LogP contribution in [0.1, 0.15) is 16.2 Å². The molecule has 1 N–H and O–H groups in total. The second kappa shape index (κ2) is 4.97. The van der Waals surface area contributed by atoms with E-state index in [4.69, 9.17) is 0 Å². The summed E-state index contributed by atoms with van der Waals surface area (Å²) in [6, 6.07) is 4.18. The van der Waals surface area contributed by atoms with Crippen molar-refractivity contribution in [1.29, 1.82) is 0 Å². The Kier molecular flexibility index (Phi) is 3.86. The van der Waals surface area contributed by atoms with Crippen LogP contribution in [0.4, 0.5) is 0 Å². The van der Waals surface area contributed by atoms with E-state index in [0.29, 0.717) is 0 Å². The van der Waals surface area contributed by atoms with Crippen molar-refractivity contribution in [2.45, 2.75) is 13.3 Å². The van der Waals surface area contributed by atoms with Crippen LogP contribution in [0.5, 0.6) is 0 Å². The van der Waals surface area contributed by atoms with Crippen LogP contribution in [0.25, 0.3) is 0 Å². The molecule has 0 unspecified atom stereocenters. The molecule has 64 valence electrons. The highest BCUT2D eigenvalue weighted by molar-refractivity contribution is 7.12. The first-order valence-electron chi connectivity index (χ1n) is 4.03. The first-order chi connectivity index (χ1) is 5.83. The topological polar surface area (TPSA) is 12.0 Å². The van der Waals surface area contributed by atoms with Crippen LogP contribution in [0, 0.1) is 18.8 Å². The molecule has 2 heteroatoms. The summed E-state index contributed by atoms with van der Waals surface area (Å²) < 4.78 is 0. The molecule has 0 fully saturated rings. The third-order valence-electron chi connectivity index (χ3n) is 1.45. The molecule has 0 bridgehead atoms. The Balaban J connectivity index is 2.43. The molecule has 0 radical (unpaired) electrons. The zero-order valence-corrected chi connectivity index (χ0v) is 8.29. The van der Waals surface area contributed by atoms with E-state index in [-0.39, 0.29) is 0 Å². The fourth-order valence-corrected chi connectivity index (χ4v) is 1.58. The second-order valence-electron chi connectivity index (χ2n) is 2.57. The van der Waals surface area contributed by atoms with E-state index in [1.807, 2.05) is 7.05 Å². The van der Waals surface area contributed by atoms with Gasteiger partial charge in [0, 0.05) is 17.8 Å². The molecule has 0 amide bonds. The summed E-state index contributed by atoms with van der Waals surface area (Å²) in [5, 5.41) is 3.06. The molecule has 0 aromatic carbocycles. The smallest absolute Gasteiger partial charge is 0.0771 e. The van der Waals surface area contributed by atoms with Gasteiger partial charge in [0.2, 0.25) is 0 Å². The maximum absolute atomic E-state index is 3.13. The molecule has 0 atom stereocenters. The van der Waals surface area contributed by atoms with Crippen molar-refractivity contribution in [3.63, 3.8) is 0 Å². The lowest BCUT2D eigenvalue weighted by molar-refractivity contribution is 0.818. The summed E-state index contributed by atoms with van der Waals surface area (Å²) in [5.74, 6) is 6.24. The molecule has 0 aliphatic rings. The lowest BCUT2D eigenvalue weighted by Crippen LogP contribution is -2.05. The van der Waals surface area contributed by atoms with Crippen LogP contribution in [0.15, 0.2) is 12.1 Å². The molecule has 0 spiro atoms. The van der Waals surface area contributed by atoms with Gasteiger partial charge in [0.15, 0.2) is 0 Å². The first-order valence-corrected chi connectivity index (χ1v) is 4.84. The molecular formula is C10H13NS. The van der Waals surface area contributed by atoms with Gasteiger partial charge in [0.1, 0.15) is 0 Å². The second-order valence-corrected chi connectivity index (χ2v) is 3.85. The van der Waals surface area contributed by atoms with Crippen LogP contribution in [0.3, 0.4) is 0 Å². The van der Waals surface area contributed by atoms with Crippen molar-refractivity contribution in [1.82, 2.24) is 5.32 Å².